The van der Waals surface area contributed by atoms with Crippen LogP contribution in [0.5, 0.6) is 0 Å². The quantitative estimate of drug-likeness (QED) is 0.939. The molecule has 0 aliphatic heterocycles. The van der Waals surface area contributed by atoms with Crippen LogP contribution < -0.4 is 5.56 Å². The number of halogens is 2. The highest BCUT2D eigenvalue weighted by molar-refractivity contribution is 6.35. The average Bonchev–Trinajstić information content (AvgIpc) is 2.45. The second-order valence-electron chi connectivity index (χ2n) is 4.67. The predicted octanol–water partition coefficient (Wildman–Crippen LogP) is 3.51. The van der Waals surface area contributed by atoms with Crippen molar-refractivity contribution >= 4 is 29.1 Å². The Labute approximate surface area is 132 Å². The Hall–Kier alpha value is -1.78. The maximum Gasteiger partial charge on any atom is 0.260 e. The lowest BCUT2D eigenvalue weighted by Crippen LogP contribution is -2.33. The summed E-state index contributed by atoms with van der Waals surface area (Å²) in [5, 5.41) is 1.01. The van der Waals surface area contributed by atoms with E-state index in [1.807, 2.05) is 6.92 Å². The molecule has 4 nitrogen and oxygen atoms in total. The van der Waals surface area contributed by atoms with Gasteiger partial charge in [0, 0.05) is 23.3 Å². The number of pyridine rings is 1. The molecule has 1 aromatic carbocycles. The van der Waals surface area contributed by atoms with Gasteiger partial charge in [-0.2, -0.15) is 0 Å². The summed E-state index contributed by atoms with van der Waals surface area (Å²) in [6.07, 6.45) is 1.48. The van der Waals surface area contributed by atoms with Gasteiger partial charge in [-0.15, -0.1) is 0 Å². The van der Waals surface area contributed by atoms with Crippen LogP contribution in [0.25, 0.3) is 0 Å². The summed E-state index contributed by atoms with van der Waals surface area (Å²) in [7, 11) is 1.63. The van der Waals surface area contributed by atoms with Crippen molar-refractivity contribution in [1.29, 1.82) is 0 Å². The Bertz CT molecular complexity index is 728. The molecule has 110 valence electrons. The normalized spacial score (nSPS) is 12.0. The molecule has 2 aromatic rings. The molecule has 21 heavy (non-hydrogen) atoms. The second-order valence-corrected chi connectivity index (χ2v) is 5.51. The van der Waals surface area contributed by atoms with Crippen molar-refractivity contribution in [3.63, 3.8) is 0 Å². The number of carbonyl (C=O) groups is 1. The van der Waals surface area contributed by atoms with Gasteiger partial charge >= 0.3 is 0 Å². The Morgan fingerprint density at radius 1 is 1.29 bits per heavy atom. The number of aromatic nitrogens is 1. The van der Waals surface area contributed by atoms with Gasteiger partial charge in [0.25, 0.3) is 11.5 Å². The van der Waals surface area contributed by atoms with Gasteiger partial charge in [-0.25, -0.2) is 0 Å². The van der Waals surface area contributed by atoms with Crippen molar-refractivity contribution in [2.24, 2.45) is 0 Å². The van der Waals surface area contributed by atoms with Gasteiger partial charge in [-0.1, -0.05) is 29.3 Å². The van der Waals surface area contributed by atoms with Crippen LogP contribution in [0.2, 0.25) is 10.0 Å². The molecule has 0 saturated heterocycles. The van der Waals surface area contributed by atoms with Crippen LogP contribution in [-0.2, 0) is 0 Å². The van der Waals surface area contributed by atoms with E-state index in [0.29, 0.717) is 10.0 Å². The smallest absolute Gasteiger partial charge is 0.260 e. The molecular weight excluding hydrogens is 311 g/mol. The summed E-state index contributed by atoms with van der Waals surface area (Å²) in [4.78, 5) is 28.0. The summed E-state index contributed by atoms with van der Waals surface area (Å²) < 4.78 is 0. The van der Waals surface area contributed by atoms with Gasteiger partial charge in [0.1, 0.15) is 5.56 Å². The first-order chi connectivity index (χ1) is 9.91. The topological polar surface area (TPSA) is 53.2 Å². The maximum atomic E-state index is 12.4. The standard InChI is InChI=1S/C15H14Cl2N2O2/c1-9(11-6-5-10(16)8-13(11)17)19(2)15(21)12-4-3-7-18-14(12)20/h3-9H,1-2H3,(H,18,20)/t9-/m1/s1. The van der Waals surface area contributed by atoms with E-state index in [1.54, 1.807) is 31.3 Å². The third-order valence-electron chi connectivity index (χ3n) is 3.36. The number of hydrogen-bond donors (Lipinski definition) is 1. The summed E-state index contributed by atoms with van der Waals surface area (Å²) in [5.74, 6) is -0.365. The highest BCUT2D eigenvalue weighted by atomic mass is 35.5. The number of amides is 1. The van der Waals surface area contributed by atoms with Gasteiger partial charge in [0.2, 0.25) is 0 Å². The fourth-order valence-electron chi connectivity index (χ4n) is 2.00. The Kier molecular flexibility index (Phi) is 4.70. The molecule has 0 fully saturated rings. The largest absolute Gasteiger partial charge is 0.335 e. The van der Waals surface area contributed by atoms with Crippen LogP contribution in [0.4, 0.5) is 0 Å². The fourth-order valence-corrected chi connectivity index (χ4v) is 2.57. The lowest BCUT2D eigenvalue weighted by atomic mass is 10.1. The van der Waals surface area contributed by atoms with Crippen LogP contribution >= 0.6 is 23.2 Å². The summed E-state index contributed by atoms with van der Waals surface area (Å²) in [5.41, 5.74) is 0.449. The molecule has 1 atom stereocenters. The molecule has 0 aliphatic carbocycles. The van der Waals surface area contributed by atoms with Crippen molar-refractivity contribution < 1.29 is 4.79 Å². The minimum absolute atomic E-state index is 0.0944. The van der Waals surface area contributed by atoms with Crippen LogP contribution in [-0.4, -0.2) is 22.8 Å². The molecule has 6 heteroatoms. The third kappa shape index (κ3) is 3.28. The SMILES string of the molecule is C[C@H](c1ccc(Cl)cc1Cl)N(C)C(=O)c1ccc[nH]c1=O. The van der Waals surface area contributed by atoms with Crippen molar-refractivity contribution in [2.45, 2.75) is 13.0 Å². The molecule has 0 aliphatic rings. The molecule has 0 saturated carbocycles. The number of nitrogens with one attached hydrogen (secondary N) is 1. The zero-order valence-electron chi connectivity index (χ0n) is 11.6. The highest BCUT2D eigenvalue weighted by Crippen LogP contribution is 2.29. The highest BCUT2D eigenvalue weighted by Gasteiger charge is 2.22. The van der Waals surface area contributed by atoms with Gasteiger partial charge in [0.05, 0.1) is 6.04 Å². The summed E-state index contributed by atoms with van der Waals surface area (Å²) in [6, 6.07) is 7.93. The van der Waals surface area contributed by atoms with E-state index >= 15 is 0 Å². The number of rotatable bonds is 3. The lowest BCUT2D eigenvalue weighted by molar-refractivity contribution is 0.0741. The van der Waals surface area contributed by atoms with E-state index < -0.39 is 5.56 Å². The molecule has 1 N–H and O–H groups in total. The fraction of sp³-hybridized carbons (Fsp3) is 0.200. The first-order valence-electron chi connectivity index (χ1n) is 6.31. The molecule has 0 spiro atoms. The van der Waals surface area contributed by atoms with Crippen molar-refractivity contribution in [1.82, 2.24) is 9.88 Å². The van der Waals surface area contributed by atoms with Crippen LogP contribution in [0.1, 0.15) is 28.9 Å². The second kappa shape index (κ2) is 6.33. The Balaban J connectivity index is 2.31. The molecule has 2 rings (SSSR count). The van der Waals surface area contributed by atoms with Crippen molar-refractivity contribution in [2.75, 3.05) is 7.05 Å². The zero-order valence-corrected chi connectivity index (χ0v) is 13.1. The molecule has 1 aromatic heterocycles. The van der Waals surface area contributed by atoms with Crippen LogP contribution in [0, 0.1) is 0 Å². The average molecular weight is 325 g/mol. The van der Waals surface area contributed by atoms with Gasteiger partial charge in [-0.3, -0.25) is 9.59 Å². The van der Waals surface area contributed by atoms with Crippen LogP contribution in [0.15, 0.2) is 41.3 Å². The lowest BCUT2D eigenvalue weighted by Gasteiger charge is -2.26. The molecule has 0 radical (unpaired) electrons. The molecule has 0 unspecified atom stereocenters. The summed E-state index contributed by atoms with van der Waals surface area (Å²) in [6.45, 7) is 1.84. The molecule has 0 bridgehead atoms. The number of nitrogens with zero attached hydrogens (tertiary/aromatic N) is 1. The number of aromatic amines is 1. The predicted molar refractivity (Wildman–Crippen MR) is 84.0 cm³/mol. The Morgan fingerprint density at radius 2 is 2.00 bits per heavy atom. The summed E-state index contributed by atoms with van der Waals surface area (Å²) >= 11 is 12.0. The number of carbonyl (C=O) groups excluding carboxylic acids is 1. The first kappa shape index (κ1) is 15.6. The van der Waals surface area contributed by atoms with E-state index in [4.69, 9.17) is 23.2 Å². The van der Waals surface area contributed by atoms with E-state index in [1.165, 1.54) is 17.2 Å². The molecular formula is C15H14Cl2N2O2. The van der Waals surface area contributed by atoms with Gasteiger partial charge in [-0.05, 0) is 36.8 Å². The zero-order chi connectivity index (χ0) is 15.6. The van der Waals surface area contributed by atoms with E-state index in [2.05, 4.69) is 4.98 Å². The minimum atomic E-state index is -0.413. The van der Waals surface area contributed by atoms with Gasteiger partial charge in [0.15, 0.2) is 0 Å². The van der Waals surface area contributed by atoms with E-state index in [-0.39, 0.29) is 17.5 Å². The number of benzene rings is 1. The van der Waals surface area contributed by atoms with Gasteiger partial charge < -0.3 is 9.88 Å². The molecule has 1 amide bonds. The Morgan fingerprint density at radius 3 is 2.62 bits per heavy atom. The monoisotopic (exact) mass is 324 g/mol. The van der Waals surface area contributed by atoms with Crippen molar-refractivity contribution in [3.05, 3.63) is 68.1 Å². The van der Waals surface area contributed by atoms with E-state index in [9.17, 15) is 9.59 Å². The first-order valence-corrected chi connectivity index (χ1v) is 7.07. The molecule has 1 heterocycles. The maximum absolute atomic E-state index is 12.4. The van der Waals surface area contributed by atoms with Crippen molar-refractivity contribution in [3.8, 4) is 0 Å². The number of hydrogen-bond acceptors (Lipinski definition) is 2. The number of H-pyrrole nitrogens is 1. The minimum Gasteiger partial charge on any atom is -0.335 e. The van der Waals surface area contributed by atoms with Crippen LogP contribution in [0.3, 0.4) is 0 Å². The third-order valence-corrected chi connectivity index (χ3v) is 3.92. The van der Waals surface area contributed by atoms with E-state index in [0.717, 1.165) is 5.56 Å².